The number of aryl methyl sites for hydroxylation is 1. The van der Waals surface area contributed by atoms with E-state index in [0.717, 1.165) is 49.9 Å². The summed E-state index contributed by atoms with van der Waals surface area (Å²) in [5.74, 6) is 1.24. The lowest BCUT2D eigenvalue weighted by molar-refractivity contribution is -0.134. The Morgan fingerprint density at radius 3 is 2.38 bits per heavy atom. The molecule has 4 nitrogen and oxygen atoms in total. The van der Waals surface area contributed by atoms with Crippen molar-refractivity contribution in [2.45, 2.75) is 63.8 Å². The number of rotatable bonds is 9. The van der Waals surface area contributed by atoms with Crippen LogP contribution in [0.1, 0.15) is 72.3 Å². The molecular formula is C33H38N2O2. The van der Waals surface area contributed by atoms with Crippen LogP contribution in [0.2, 0.25) is 0 Å². The number of hydrogen-bond donors (Lipinski definition) is 1. The number of hydrogen-bond acceptors (Lipinski definition) is 2. The highest BCUT2D eigenvalue weighted by Crippen LogP contribution is 2.50. The van der Waals surface area contributed by atoms with E-state index < -0.39 is 6.04 Å². The minimum absolute atomic E-state index is 0.0816. The van der Waals surface area contributed by atoms with Gasteiger partial charge in [-0.3, -0.25) is 9.59 Å². The molecule has 0 radical (unpaired) electrons. The fourth-order valence-electron chi connectivity index (χ4n) is 5.68. The Labute approximate surface area is 221 Å². The highest BCUT2D eigenvalue weighted by atomic mass is 16.2. The van der Waals surface area contributed by atoms with Crippen LogP contribution in [0.5, 0.6) is 0 Å². The molecule has 3 atom stereocenters. The lowest BCUT2D eigenvalue weighted by Crippen LogP contribution is -2.50. The number of carbonyl (C=O) groups is 2. The van der Waals surface area contributed by atoms with Crippen molar-refractivity contribution in [2.75, 3.05) is 13.1 Å². The van der Waals surface area contributed by atoms with Crippen molar-refractivity contribution >= 4 is 11.8 Å². The van der Waals surface area contributed by atoms with Crippen LogP contribution >= 0.6 is 0 Å². The van der Waals surface area contributed by atoms with Gasteiger partial charge in [0.05, 0.1) is 0 Å². The summed E-state index contributed by atoms with van der Waals surface area (Å²) in [6, 6.07) is 26.2. The molecule has 0 bridgehead atoms. The zero-order chi connectivity index (χ0) is 25.6. The molecule has 1 saturated heterocycles. The van der Waals surface area contributed by atoms with Gasteiger partial charge in [0.1, 0.15) is 6.04 Å². The Hall–Kier alpha value is -3.40. The van der Waals surface area contributed by atoms with Crippen LogP contribution < -0.4 is 5.32 Å². The molecule has 0 unspecified atom stereocenters. The van der Waals surface area contributed by atoms with Gasteiger partial charge in [-0.1, -0.05) is 78.7 Å². The quantitative estimate of drug-likeness (QED) is 0.358. The summed E-state index contributed by atoms with van der Waals surface area (Å²) in [6.07, 6.45) is 7.24. The molecule has 37 heavy (non-hydrogen) atoms. The Balaban J connectivity index is 1.23. The van der Waals surface area contributed by atoms with E-state index in [4.69, 9.17) is 0 Å². The van der Waals surface area contributed by atoms with Gasteiger partial charge in [0.15, 0.2) is 0 Å². The Kier molecular flexibility index (Phi) is 8.03. The number of piperidine rings is 1. The average molecular weight is 495 g/mol. The summed E-state index contributed by atoms with van der Waals surface area (Å²) in [5, 5.41) is 3.12. The molecule has 1 heterocycles. The summed E-state index contributed by atoms with van der Waals surface area (Å²) in [4.78, 5) is 28.8. The van der Waals surface area contributed by atoms with Gasteiger partial charge in [-0.15, -0.1) is 0 Å². The Morgan fingerprint density at radius 1 is 0.892 bits per heavy atom. The molecule has 0 aromatic heterocycles. The SMILES string of the molecule is Cc1ccc([C@@H]2C[C@H]2CCC[C@H](NC(=O)c2cccc(-c3ccccc3)c2)C(=O)N2CCCCC2)cc1. The van der Waals surface area contributed by atoms with E-state index >= 15 is 0 Å². The first-order valence-corrected chi connectivity index (χ1v) is 13.9. The van der Waals surface area contributed by atoms with Crippen molar-refractivity contribution in [3.05, 3.63) is 95.6 Å². The Morgan fingerprint density at radius 2 is 1.62 bits per heavy atom. The number of nitrogens with zero attached hydrogens (tertiary/aromatic N) is 1. The van der Waals surface area contributed by atoms with E-state index in [9.17, 15) is 9.59 Å². The zero-order valence-electron chi connectivity index (χ0n) is 21.9. The maximum atomic E-state index is 13.5. The number of likely N-dealkylation sites (tertiary alicyclic amines) is 1. The van der Waals surface area contributed by atoms with Gasteiger partial charge in [0, 0.05) is 18.7 Å². The third-order valence-corrected chi connectivity index (χ3v) is 8.00. The van der Waals surface area contributed by atoms with Crippen LogP contribution in [0.15, 0.2) is 78.9 Å². The van der Waals surface area contributed by atoms with E-state index in [2.05, 4.69) is 36.5 Å². The number of benzene rings is 3. The molecule has 5 rings (SSSR count). The summed E-state index contributed by atoms with van der Waals surface area (Å²) in [5.41, 5.74) is 5.40. The molecule has 3 aromatic carbocycles. The van der Waals surface area contributed by atoms with Crippen molar-refractivity contribution in [1.82, 2.24) is 10.2 Å². The fourth-order valence-corrected chi connectivity index (χ4v) is 5.68. The predicted octanol–water partition coefficient (Wildman–Crippen LogP) is 6.75. The molecular weight excluding hydrogens is 456 g/mol. The number of carbonyl (C=O) groups excluding carboxylic acids is 2. The van der Waals surface area contributed by atoms with Crippen LogP contribution in [0.3, 0.4) is 0 Å². The number of amides is 2. The molecule has 1 N–H and O–H groups in total. The van der Waals surface area contributed by atoms with Gasteiger partial charge < -0.3 is 10.2 Å². The molecule has 2 fully saturated rings. The van der Waals surface area contributed by atoms with Crippen molar-refractivity contribution in [3.8, 4) is 11.1 Å². The summed E-state index contributed by atoms with van der Waals surface area (Å²) in [6.45, 7) is 3.72. The smallest absolute Gasteiger partial charge is 0.251 e. The summed E-state index contributed by atoms with van der Waals surface area (Å²) < 4.78 is 0. The van der Waals surface area contributed by atoms with Gasteiger partial charge >= 0.3 is 0 Å². The van der Waals surface area contributed by atoms with Crippen LogP contribution in [0, 0.1) is 12.8 Å². The van der Waals surface area contributed by atoms with E-state index in [-0.39, 0.29) is 11.8 Å². The maximum absolute atomic E-state index is 13.5. The van der Waals surface area contributed by atoms with E-state index in [1.807, 2.05) is 59.5 Å². The van der Waals surface area contributed by atoms with Gasteiger partial charge in [-0.2, -0.15) is 0 Å². The highest BCUT2D eigenvalue weighted by molar-refractivity contribution is 5.98. The molecule has 2 aliphatic rings. The molecule has 1 saturated carbocycles. The lowest BCUT2D eigenvalue weighted by Gasteiger charge is -2.31. The van der Waals surface area contributed by atoms with Crippen molar-refractivity contribution in [3.63, 3.8) is 0 Å². The van der Waals surface area contributed by atoms with Crippen molar-refractivity contribution in [1.29, 1.82) is 0 Å². The van der Waals surface area contributed by atoms with Gasteiger partial charge in [-0.05, 0) is 86.1 Å². The van der Waals surface area contributed by atoms with Crippen molar-refractivity contribution < 1.29 is 9.59 Å². The fraction of sp³-hybridized carbons (Fsp3) is 0.394. The standard InChI is InChI=1S/C33H38N2O2/c1-24-16-18-26(19-17-24)30-23-28(30)13-9-15-31(33(37)35-20-6-3-7-21-35)34-32(36)29-14-8-12-27(22-29)25-10-4-2-5-11-25/h2,4-5,8,10-12,14,16-19,22,28,30-31H,3,6-7,9,13,15,20-21,23H2,1H3,(H,34,36)/t28-,30+,31+/m1/s1. The monoisotopic (exact) mass is 494 g/mol. The van der Waals surface area contributed by atoms with Crippen LogP contribution in [-0.2, 0) is 4.79 Å². The first-order valence-electron chi connectivity index (χ1n) is 13.9. The van der Waals surface area contributed by atoms with E-state index in [0.29, 0.717) is 23.8 Å². The normalized spacial score (nSPS) is 19.8. The second-order valence-corrected chi connectivity index (χ2v) is 10.8. The molecule has 0 spiro atoms. The summed E-state index contributed by atoms with van der Waals surface area (Å²) >= 11 is 0. The lowest BCUT2D eigenvalue weighted by atomic mass is 10.0. The minimum Gasteiger partial charge on any atom is -0.341 e. The first kappa shape index (κ1) is 25.3. The average Bonchev–Trinajstić information content (AvgIpc) is 3.73. The van der Waals surface area contributed by atoms with Crippen LogP contribution in [-0.4, -0.2) is 35.8 Å². The summed E-state index contributed by atoms with van der Waals surface area (Å²) in [7, 11) is 0. The van der Waals surface area contributed by atoms with Gasteiger partial charge in [0.25, 0.3) is 5.91 Å². The molecule has 4 heteroatoms. The van der Waals surface area contributed by atoms with Crippen molar-refractivity contribution in [2.24, 2.45) is 5.92 Å². The van der Waals surface area contributed by atoms with Gasteiger partial charge in [0.2, 0.25) is 5.91 Å². The Bertz CT molecular complexity index is 1200. The molecule has 1 aliphatic heterocycles. The van der Waals surface area contributed by atoms with E-state index in [1.165, 1.54) is 24.0 Å². The largest absolute Gasteiger partial charge is 0.341 e. The molecule has 3 aromatic rings. The molecule has 1 aliphatic carbocycles. The third-order valence-electron chi connectivity index (χ3n) is 8.00. The molecule has 2 amide bonds. The van der Waals surface area contributed by atoms with Crippen LogP contribution in [0.25, 0.3) is 11.1 Å². The van der Waals surface area contributed by atoms with Crippen LogP contribution in [0.4, 0.5) is 0 Å². The molecule has 192 valence electrons. The second kappa shape index (κ2) is 11.8. The third kappa shape index (κ3) is 6.49. The highest BCUT2D eigenvalue weighted by Gasteiger charge is 2.38. The topological polar surface area (TPSA) is 49.4 Å². The predicted molar refractivity (Wildman–Crippen MR) is 149 cm³/mol. The minimum atomic E-state index is -0.470. The maximum Gasteiger partial charge on any atom is 0.251 e. The van der Waals surface area contributed by atoms with E-state index in [1.54, 1.807) is 0 Å². The van der Waals surface area contributed by atoms with Gasteiger partial charge in [-0.25, -0.2) is 0 Å². The zero-order valence-corrected chi connectivity index (χ0v) is 21.9. The number of nitrogens with one attached hydrogen (secondary N) is 1. The second-order valence-electron chi connectivity index (χ2n) is 10.8. The first-order chi connectivity index (χ1) is 18.1.